The standard InChI is InChI=1S/C20H24N2O5/c1-3-12-27-17-10-8-15(13-18(17)26-2)20(25)22-21-19(24)11-9-14-6-4-5-7-16(14)23/h4-8,10,13,23H,3,9,11-12H2,1-2H3,(H,21,24)(H,22,25). The van der Waals surface area contributed by atoms with Gasteiger partial charge in [0.25, 0.3) is 5.91 Å². The lowest BCUT2D eigenvalue weighted by atomic mass is 10.1. The molecule has 0 saturated carbocycles. The molecule has 0 heterocycles. The molecule has 0 aliphatic carbocycles. The predicted molar refractivity (Wildman–Crippen MR) is 101 cm³/mol. The fourth-order valence-electron chi connectivity index (χ4n) is 2.37. The quantitative estimate of drug-likeness (QED) is 0.619. The summed E-state index contributed by atoms with van der Waals surface area (Å²) < 4.78 is 10.8. The van der Waals surface area contributed by atoms with Crippen LogP contribution in [-0.4, -0.2) is 30.6 Å². The first kappa shape index (κ1) is 20.1. The lowest BCUT2D eigenvalue weighted by Gasteiger charge is -2.12. The van der Waals surface area contributed by atoms with E-state index in [1.165, 1.54) is 7.11 Å². The average molecular weight is 372 g/mol. The van der Waals surface area contributed by atoms with E-state index in [1.54, 1.807) is 42.5 Å². The van der Waals surface area contributed by atoms with Crippen LogP contribution in [0, 0.1) is 0 Å². The normalized spacial score (nSPS) is 10.1. The molecule has 0 saturated heterocycles. The lowest BCUT2D eigenvalue weighted by molar-refractivity contribution is -0.121. The first-order chi connectivity index (χ1) is 13.0. The maximum absolute atomic E-state index is 12.2. The number of hydrogen-bond donors (Lipinski definition) is 3. The topological polar surface area (TPSA) is 96.9 Å². The number of methoxy groups -OCH3 is 1. The summed E-state index contributed by atoms with van der Waals surface area (Å²) in [5.41, 5.74) is 5.73. The number of rotatable bonds is 8. The molecule has 0 spiro atoms. The van der Waals surface area contributed by atoms with E-state index in [-0.39, 0.29) is 18.1 Å². The van der Waals surface area contributed by atoms with E-state index in [4.69, 9.17) is 9.47 Å². The summed E-state index contributed by atoms with van der Waals surface area (Å²) in [6.07, 6.45) is 1.36. The van der Waals surface area contributed by atoms with Crippen LogP contribution in [-0.2, 0) is 11.2 Å². The van der Waals surface area contributed by atoms with Crippen LogP contribution in [0.2, 0.25) is 0 Å². The summed E-state index contributed by atoms with van der Waals surface area (Å²) in [7, 11) is 1.50. The van der Waals surface area contributed by atoms with E-state index < -0.39 is 5.91 Å². The Balaban J connectivity index is 1.87. The Morgan fingerprint density at radius 3 is 2.56 bits per heavy atom. The Bertz CT molecular complexity index is 792. The van der Waals surface area contributed by atoms with Crippen molar-refractivity contribution < 1.29 is 24.2 Å². The van der Waals surface area contributed by atoms with Crippen molar-refractivity contribution in [1.82, 2.24) is 10.9 Å². The zero-order valence-corrected chi connectivity index (χ0v) is 15.5. The number of hydrazine groups is 1. The van der Waals surface area contributed by atoms with Gasteiger partial charge in [0.1, 0.15) is 5.75 Å². The highest BCUT2D eigenvalue weighted by atomic mass is 16.5. The van der Waals surface area contributed by atoms with Crippen molar-refractivity contribution in [2.24, 2.45) is 0 Å². The Labute approximate surface area is 158 Å². The number of amides is 2. The Morgan fingerprint density at radius 2 is 1.85 bits per heavy atom. The molecule has 0 radical (unpaired) electrons. The predicted octanol–water partition coefficient (Wildman–Crippen LogP) is 2.58. The van der Waals surface area contributed by atoms with E-state index in [0.717, 1.165) is 6.42 Å². The van der Waals surface area contributed by atoms with Crippen LogP contribution in [0.25, 0.3) is 0 Å². The van der Waals surface area contributed by atoms with Crippen molar-refractivity contribution in [3.63, 3.8) is 0 Å². The number of benzene rings is 2. The fraction of sp³-hybridized carbons (Fsp3) is 0.300. The van der Waals surface area contributed by atoms with Crippen LogP contribution in [0.1, 0.15) is 35.7 Å². The number of para-hydroxylation sites is 1. The molecule has 3 N–H and O–H groups in total. The van der Waals surface area contributed by atoms with Crippen molar-refractivity contribution >= 4 is 11.8 Å². The number of aromatic hydroxyl groups is 1. The second kappa shape index (κ2) is 10.1. The van der Waals surface area contributed by atoms with E-state index in [9.17, 15) is 14.7 Å². The van der Waals surface area contributed by atoms with Crippen LogP contribution in [0.3, 0.4) is 0 Å². The van der Waals surface area contributed by atoms with Crippen LogP contribution < -0.4 is 20.3 Å². The SMILES string of the molecule is CCCOc1ccc(C(=O)NNC(=O)CCc2ccccc2O)cc1OC. The molecule has 2 aromatic rings. The zero-order chi connectivity index (χ0) is 19.6. The van der Waals surface area contributed by atoms with Gasteiger partial charge in [-0.3, -0.25) is 20.4 Å². The van der Waals surface area contributed by atoms with Crippen molar-refractivity contribution in [3.8, 4) is 17.2 Å². The van der Waals surface area contributed by atoms with E-state index >= 15 is 0 Å². The largest absolute Gasteiger partial charge is 0.508 e. The minimum Gasteiger partial charge on any atom is -0.508 e. The maximum atomic E-state index is 12.2. The molecule has 7 nitrogen and oxygen atoms in total. The van der Waals surface area contributed by atoms with Gasteiger partial charge in [-0.1, -0.05) is 25.1 Å². The van der Waals surface area contributed by atoms with Gasteiger partial charge in [0.05, 0.1) is 13.7 Å². The number of ether oxygens (including phenoxy) is 2. The van der Waals surface area contributed by atoms with Gasteiger partial charge in [-0.25, -0.2) is 0 Å². The third kappa shape index (κ3) is 5.91. The molecule has 0 aromatic heterocycles. The molecule has 0 atom stereocenters. The molecule has 7 heteroatoms. The summed E-state index contributed by atoms with van der Waals surface area (Å²) in [4.78, 5) is 24.1. The second-order valence-electron chi connectivity index (χ2n) is 5.85. The highest BCUT2D eigenvalue weighted by molar-refractivity contribution is 5.96. The molecular weight excluding hydrogens is 348 g/mol. The smallest absolute Gasteiger partial charge is 0.269 e. The molecule has 2 amide bonds. The number of phenols is 1. The van der Waals surface area contributed by atoms with Gasteiger partial charge in [0.15, 0.2) is 11.5 Å². The van der Waals surface area contributed by atoms with Crippen LogP contribution in [0.4, 0.5) is 0 Å². The Morgan fingerprint density at radius 1 is 1.07 bits per heavy atom. The minimum atomic E-state index is -0.466. The van der Waals surface area contributed by atoms with Crippen LogP contribution in [0.5, 0.6) is 17.2 Å². The summed E-state index contributed by atoms with van der Waals surface area (Å²) >= 11 is 0. The highest BCUT2D eigenvalue weighted by Gasteiger charge is 2.12. The first-order valence-electron chi connectivity index (χ1n) is 8.72. The third-order valence-electron chi connectivity index (χ3n) is 3.82. The maximum Gasteiger partial charge on any atom is 0.269 e. The van der Waals surface area contributed by atoms with Crippen LogP contribution >= 0.6 is 0 Å². The van der Waals surface area contributed by atoms with Gasteiger partial charge < -0.3 is 14.6 Å². The van der Waals surface area contributed by atoms with E-state index in [1.807, 2.05) is 6.92 Å². The molecule has 2 rings (SSSR count). The average Bonchev–Trinajstić information content (AvgIpc) is 2.69. The number of phenolic OH excluding ortho intramolecular Hbond substituents is 1. The molecular formula is C20H24N2O5. The van der Waals surface area contributed by atoms with Gasteiger partial charge in [-0.2, -0.15) is 0 Å². The van der Waals surface area contributed by atoms with Gasteiger partial charge in [-0.05, 0) is 42.7 Å². The zero-order valence-electron chi connectivity index (χ0n) is 15.5. The number of carbonyl (C=O) groups excluding carboxylic acids is 2. The van der Waals surface area contributed by atoms with Gasteiger partial charge in [0, 0.05) is 12.0 Å². The number of nitrogens with one attached hydrogen (secondary N) is 2. The van der Waals surface area contributed by atoms with Crippen molar-refractivity contribution in [3.05, 3.63) is 53.6 Å². The molecule has 0 aliphatic rings. The molecule has 0 fully saturated rings. The first-order valence-corrected chi connectivity index (χ1v) is 8.72. The monoisotopic (exact) mass is 372 g/mol. The Kier molecular flexibility index (Phi) is 7.49. The van der Waals surface area contributed by atoms with Gasteiger partial charge in [0.2, 0.25) is 5.91 Å². The van der Waals surface area contributed by atoms with E-state index in [2.05, 4.69) is 10.9 Å². The summed E-state index contributed by atoms with van der Waals surface area (Å²) in [6, 6.07) is 11.6. The summed E-state index contributed by atoms with van der Waals surface area (Å²) in [5, 5.41) is 9.69. The molecule has 0 bridgehead atoms. The van der Waals surface area contributed by atoms with Gasteiger partial charge >= 0.3 is 0 Å². The van der Waals surface area contributed by atoms with E-state index in [0.29, 0.717) is 35.7 Å². The molecule has 2 aromatic carbocycles. The van der Waals surface area contributed by atoms with Gasteiger partial charge in [-0.15, -0.1) is 0 Å². The van der Waals surface area contributed by atoms with Crippen LogP contribution in [0.15, 0.2) is 42.5 Å². The Hall–Kier alpha value is -3.22. The molecule has 144 valence electrons. The minimum absolute atomic E-state index is 0.130. The highest BCUT2D eigenvalue weighted by Crippen LogP contribution is 2.28. The summed E-state index contributed by atoms with van der Waals surface area (Å²) in [6.45, 7) is 2.55. The number of carbonyl (C=O) groups is 2. The third-order valence-corrected chi connectivity index (χ3v) is 3.82. The molecule has 0 aliphatic heterocycles. The number of aryl methyl sites for hydroxylation is 1. The second-order valence-corrected chi connectivity index (χ2v) is 5.85. The molecule has 27 heavy (non-hydrogen) atoms. The van der Waals surface area contributed by atoms with Crippen molar-refractivity contribution in [1.29, 1.82) is 0 Å². The van der Waals surface area contributed by atoms with Crippen molar-refractivity contribution in [2.45, 2.75) is 26.2 Å². The number of hydrogen-bond acceptors (Lipinski definition) is 5. The molecule has 0 unspecified atom stereocenters. The fourth-order valence-corrected chi connectivity index (χ4v) is 2.37. The van der Waals surface area contributed by atoms with Crippen molar-refractivity contribution in [2.75, 3.05) is 13.7 Å². The lowest BCUT2D eigenvalue weighted by Crippen LogP contribution is -2.41. The summed E-state index contributed by atoms with van der Waals surface area (Å²) in [5.74, 6) is 0.323.